The fourth-order valence-electron chi connectivity index (χ4n) is 1.61. The topological polar surface area (TPSA) is 26.3 Å². The van der Waals surface area contributed by atoms with E-state index < -0.39 is 0 Å². The second-order valence-electron chi connectivity index (χ2n) is 4.27. The second kappa shape index (κ2) is 8.13. The van der Waals surface area contributed by atoms with Crippen molar-refractivity contribution in [2.45, 2.75) is 26.2 Å². The highest BCUT2D eigenvalue weighted by molar-refractivity contribution is 6.26. The van der Waals surface area contributed by atoms with Crippen molar-refractivity contribution < 1.29 is 9.53 Å². The standard InChI is InChI=1S/C14H19ClO2/c1-12(9-10-17-14(16)11-15)7-8-13-5-3-2-4-6-13/h2-6,12H,7-11H2,1H3. The van der Waals surface area contributed by atoms with Gasteiger partial charge >= 0.3 is 5.97 Å². The molecule has 0 bridgehead atoms. The van der Waals surface area contributed by atoms with E-state index in [9.17, 15) is 4.79 Å². The Kier molecular flexibility index (Phi) is 6.71. The van der Waals surface area contributed by atoms with Gasteiger partial charge in [0.2, 0.25) is 0 Å². The maximum Gasteiger partial charge on any atom is 0.320 e. The smallest absolute Gasteiger partial charge is 0.320 e. The van der Waals surface area contributed by atoms with E-state index in [0.717, 1.165) is 19.3 Å². The van der Waals surface area contributed by atoms with Crippen molar-refractivity contribution in [3.8, 4) is 0 Å². The quantitative estimate of drug-likeness (QED) is 0.551. The molecule has 2 nitrogen and oxygen atoms in total. The lowest BCUT2D eigenvalue weighted by Crippen LogP contribution is -2.09. The Labute approximate surface area is 108 Å². The predicted octanol–water partition coefficient (Wildman–Crippen LogP) is 3.43. The van der Waals surface area contributed by atoms with Crippen LogP contribution in [-0.2, 0) is 16.0 Å². The molecule has 0 aliphatic heterocycles. The minimum atomic E-state index is -0.332. The Balaban J connectivity index is 2.13. The molecular formula is C14H19ClO2. The van der Waals surface area contributed by atoms with Crippen molar-refractivity contribution in [1.82, 2.24) is 0 Å². The molecule has 0 aliphatic carbocycles. The molecule has 94 valence electrons. The Morgan fingerprint density at radius 1 is 1.29 bits per heavy atom. The summed E-state index contributed by atoms with van der Waals surface area (Å²) in [5.74, 6) is 0.165. The molecule has 0 saturated carbocycles. The van der Waals surface area contributed by atoms with Crippen LogP contribution in [0.5, 0.6) is 0 Å². The molecule has 0 aromatic heterocycles. The SMILES string of the molecule is CC(CCOC(=O)CCl)CCc1ccccc1. The molecule has 1 aromatic rings. The van der Waals surface area contributed by atoms with Crippen LogP contribution in [0.15, 0.2) is 30.3 Å². The Morgan fingerprint density at radius 3 is 2.65 bits per heavy atom. The summed E-state index contributed by atoms with van der Waals surface area (Å²) in [6.45, 7) is 2.65. The fourth-order valence-corrected chi connectivity index (χ4v) is 1.69. The minimum Gasteiger partial charge on any atom is -0.465 e. The number of ether oxygens (including phenoxy) is 1. The normalized spacial score (nSPS) is 12.1. The van der Waals surface area contributed by atoms with Crippen molar-refractivity contribution >= 4 is 17.6 Å². The highest BCUT2D eigenvalue weighted by Gasteiger charge is 2.05. The second-order valence-corrected chi connectivity index (χ2v) is 4.54. The lowest BCUT2D eigenvalue weighted by Gasteiger charge is -2.11. The van der Waals surface area contributed by atoms with E-state index in [-0.39, 0.29) is 11.8 Å². The van der Waals surface area contributed by atoms with Crippen LogP contribution >= 0.6 is 11.6 Å². The van der Waals surface area contributed by atoms with E-state index in [1.807, 2.05) is 6.07 Å². The average molecular weight is 255 g/mol. The first-order valence-corrected chi connectivity index (χ1v) is 6.51. The summed E-state index contributed by atoms with van der Waals surface area (Å²) >= 11 is 5.33. The number of carbonyl (C=O) groups is 1. The van der Waals surface area contributed by atoms with Crippen molar-refractivity contribution in [2.75, 3.05) is 12.5 Å². The average Bonchev–Trinajstić information content (AvgIpc) is 2.37. The van der Waals surface area contributed by atoms with Crippen molar-refractivity contribution in [2.24, 2.45) is 5.92 Å². The largest absolute Gasteiger partial charge is 0.465 e. The van der Waals surface area contributed by atoms with Gasteiger partial charge in [0.1, 0.15) is 5.88 Å². The third-order valence-corrected chi connectivity index (χ3v) is 2.97. The number of benzene rings is 1. The van der Waals surface area contributed by atoms with Crippen LogP contribution in [0.3, 0.4) is 0 Å². The number of carbonyl (C=O) groups excluding carboxylic acids is 1. The molecule has 0 spiro atoms. The van der Waals surface area contributed by atoms with Gasteiger partial charge in [0.25, 0.3) is 0 Å². The molecule has 0 radical (unpaired) electrons. The zero-order valence-corrected chi connectivity index (χ0v) is 11.0. The lowest BCUT2D eigenvalue weighted by molar-refractivity contribution is -0.140. The van der Waals surface area contributed by atoms with E-state index in [1.54, 1.807) is 0 Å². The molecule has 0 saturated heterocycles. The number of halogens is 1. The number of hydrogen-bond donors (Lipinski definition) is 0. The summed E-state index contributed by atoms with van der Waals surface area (Å²) in [5.41, 5.74) is 1.36. The summed E-state index contributed by atoms with van der Waals surface area (Å²) in [7, 11) is 0. The summed E-state index contributed by atoms with van der Waals surface area (Å²) < 4.78 is 4.94. The van der Waals surface area contributed by atoms with Crippen molar-refractivity contribution in [3.63, 3.8) is 0 Å². The molecule has 0 heterocycles. The molecule has 1 aromatic carbocycles. The van der Waals surface area contributed by atoms with Gasteiger partial charge in [-0.1, -0.05) is 37.3 Å². The molecule has 17 heavy (non-hydrogen) atoms. The van der Waals surface area contributed by atoms with Crippen LogP contribution in [0.1, 0.15) is 25.3 Å². The maximum absolute atomic E-state index is 10.8. The minimum absolute atomic E-state index is 0.0571. The van der Waals surface area contributed by atoms with Crippen LogP contribution < -0.4 is 0 Å². The Morgan fingerprint density at radius 2 is 2.00 bits per heavy atom. The van der Waals surface area contributed by atoms with Gasteiger partial charge in [0, 0.05) is 0 Å². The van der Waals surface area contributed by atoms with Gasteiger partial charge in [-0.3, -0.25) is 4.79 Å². The Bertz CT molecular complexity index is 324. The highest BCUT2D eigenvalue weighted by atomic mass is 35.5. The lowest BCUT2D eigenvalue weighted by atomic mass is 9.99. The predicted molar refractivity (Wildman–Crippen MR) is 70.2 cm³/mol. The number of alkyl halides is 1. The first-order valence-electron chi connectivity index (χ1n) is 5.98. The fraction of sp³-hybridized carbons (Fsp3) is 0.500. The van der Waals surface area contributed by atoms with Gasteiger partial charge < -0.3 is 4.74 Å². The number of hydrogen-bond acceptors (Lipinski definition) is 2. The van der Waals surface area contributed by atoms with Crippen LogP contribution in [-0.4, -0.2) is 18.5 Å². The van der Waals surface area contributed by atoms with E-state index in [2.05, 4.69) is 31.2 Å². The molecule has 0 fully saturated rings. The van der Waals surface area contributed by atoms with Crippen molar-refractivity contribution in [3.05, 3.63) is 35.9 Å². The molecule has 0 amide bonds. The summed E-state index contributed by atoms with van der Waals surface area (Å²) in [6.07, 6.45) is 3.09. The molecule has 0 N–H and O–H groups in total. The third kappa shape index (κ3) is 6.32. The van der Waals surface area contributed by atoms with Crippen LogP contribution in [0.25, 0.3) is 0 Å². The molecule has 1 atom stereocenters. The van der Waals surface area contributed by atoms with Crippen molar-refractivity contribution in [1.29, 1.82) is 0 Å². The Hall–Kier alpha value is -1.02. The molecular weight excluding hydrogens is 236 g/mol. The zero-order valence-electron chi connectivity index (χ0n) is 10.2. The summed E-state index contributed by atoms with van der Waals surface area (Å²) in [4.78, 5) is 10.8. The van der Waals surface area contributed by atoms with E-state index in [1.165, 1.54) is 5.56 Å². The van der Waals surface area contributed by atoms with Crippen LogP contribution in [0.2, 0.25) is 0 Å². The highest BCUT2D eigenvalue weighted by Crippen LogP contribution is 2.12. The van der Waals surface area contributed by atoms with Gasteiger partial charge in [0.05, 0.1) is 6.61 Å². The van der Waals surface area contributed by atoms with Gasteiger partial charge in [-0.15, -0.1) is 11.6 Å². The molecule has 3 heteroatoms. The number of esters is 1. The van der Waals surface area contributed by atoms with E-state index in [4.69, 9.17) is 16.3 Å². The number of rotatable bonds is 7. The van der Waals surface area contributed by atoms with E-state index >= 15 is 0 Å². The van der Waals surface area contributed by atoms with Gasteiger partial charge in [-0.05, 0) is 30.7 Å². The van der Waals surface area contributed by atoms with Gasteiger partial charge in [-0.25, -0.2) is 0 Å². The molecule has 1 unspecified atom stereocenters. The van der Waals surface area contributed by atoms with Crippen LogP contribution in [0.4, 0.5) is 0 Å². The summed E-state index contributed by atoms with van der Waals surface area (Å²) in [5, 5.41) is 0. The van der Waals surface area contributed by atoms with Crippen LogP contribution in [0, 0.1) is 5.92 Å². The van der Waals surface area contributed by atoms with Gasteiger partial charge in [-0.2, -0.15) is 0 Å². The summed E-state index contributed by atoms with van der Waals surface area (Å²) in [6, 6.07) is 10.4. The third-order valence-electron chi connectivity index (χ3n) is 2.75. The molecule has 0 aliphatic rings. The number of aryl methyl sites for hydroxylation is 1. The molecule has 1 rings (SSSR count). The first-order chi connectivity index (χ1) is 8.22. The maximum atomic E-state index is 10.8. The zero-order chi connectivity index (χ0) is 12.5. The van der Waals surface area contributed by atoms with Gasteiger partial charge in [0.15, 0.2) is 0 Å². The van der Waals surface area contributed by atoms with E-state index in [0.29, 0.717) is 12.5 Å². The first kappa shape index (κ1) is 14.0. The monoisotopic (exact) mass is 254 g/mol.